The van der Waals surface area contributed by atoms with Gasteiger partial charge in [-0.1, -0.05) is 17.7 Å². The van der Waals surface area contributed by atoms with Crippen LogP contribution in [0.2, 0.25) is 5.02 Å². The molecule has 2 N–H and O–H groups in total. The lowest BCUT2D eigenvalue weighted by molar-refractivity contribution is 0.169. The van der Waals surface area contributed by atoms with Gasteiger partial charge >= 0.3 is 0 Å². The maximum Gasteiger partial charge on any atom is 0.129 e. The van der Waals surface area contributed by atoms with Crippen molar-refractivity contribution in [3.05, 3.63) is 58.4 Å². The monoisotopic (exact) mass is 339 g/mol. The van der Waals surface area contributed by atoms with Crippen LogP contribution in [0.25, 0.3) is 0 Å². The number of aliphatic hydroxyl groups excluding tert-OH is 1. The predicted molar refractivity (Wildman–Crippen MR) is 87.6 cm³/mol. The third kappa shape index (κ3) is 4.34. The Bertz CT molecular complexity index is 646. The lowest BCUT2D eigenvalue weighted by Crippen LogP contribution is -2.22. The van der Waals surface area contributed by atoms with E-state index < -0.39 is 6.10 Å². The van der Waals surface area contributed by atoms with Crippen molar-refractivity contribution in [2.24, 2.45) is 0 Å². The summed E-state index contributed by atoms with van der Waals surface area (Å²) in [5.74, 6) is 0.805. The highest BCUT2D eigenvalue weighted by molar-refractivity contribution is 6.31. The smallest absolute Gasteiger partial charge is 0.129 e. The number of halogens is 2. The van der Waals surface area contributed by atoms with Gasteiger partial charge in [-0.2, -0.15) is 0 Å². The summed E-state index contributed by atoms with van der Waals surface area (Å²) in [6.45, 7) is 0.434. The summed E-state index contributed by atoms with van der Waals surface area (Å²) in [6.07, 6.45) is -0.828. The standard InChI is InChI=1S/C17H19ClFNO3/c1-22-11-6-7-17(23-2)12(8-11)16(21)10-20-9-13-14(18)4-3-5-15(13)19/h3-8,16,20-21H,9-10H2,1-2H3. The van der Waals surface area contributed by atoms with Crippen molar-refractivity contribution >= 4 is 11.6 Å². The van der Waals surface area contributed by atoms with Crippen LogP contribution in [0.4, 0.5) is 4.39 Å². The van der Waals surface area contributed by atoms with Crippen LogP contribution in [-0.4, -0.2) is 25.9 Å². The fourth-order valence-corrected chi connectivity index (χ4v) is 2.47. The predicted octanol–water partition coefficient (Wildman–Crippen LogP) is 3.32. The second-order valence-corrected chi connectivity index (χ2v) is 5.36. The van der Waals surface area contributed by atoms with E-state index in [0.717, 1.165) is 0 Å². The normalized spacial score (nSPS) is 12.0. The second-order valence-electron chi connectivity index (χ2n) is 4.95. The highest BCUT2D eigenvalue weighted by Gasteiger charge is 2.15. The van der Waals surface area contributed by atoms with Crippen molar-refractivity contribution in [3.63, 3.8) is 0 Å². The van der Waals surface area contributed by atoms with Crippen LogP contribution < -0.4 is 14.8 Å². The third-order valence-electron chi connectivity index (χ3n) is 3.50. The first-order valence-electron chi connectivity index (χ1n) is 7.10. The molecule has 1 unspecified atom stereocenters. The molecule has 2 rings (SSSR count). The summed E-state index contributed by atoms with van der Waals surface area (Å²) in [5, 5.41) is 13.7. The van der Waals surface area contributed by atoms with E-state index in [1.54, 1.807) is 37.4 Å². The van der Waals surface area contributed by atoms with E-state index in [1.807, 2.05) is 0 Å². The van der Waals surface area contributed by atoms with Crippen LogP contribution in [0.15, 0.2) is 36.4 Å². The molecule has 0 aromatic heterocycles. The average molecular weight is 340 g/mol. The van der Waals surface area contributed by atoms with E-state index in [1.165, 1.54) is 13.2 Å². The van der Waals surface area contributed by atoms with Crippen LogP contribution >= 0.6 is 11.6 Å². The van der Waals surface area contributed by atoms with Crippen molar-refractivity contribution in [1.82, 2.24) is 5.32 Å². The largest absolute Gasteiger partial charge is 0.497 e. The third-order valence-corrected chi connectivity index (χ3v) is 3.85. The molecule has 0 fully saturated rings. The zero-order chi connectivity index (χ0) is 16.8. The van der Waals surface area contributed by atoms with E-state index in [0.29, 0.717) is 27.6 Å². The number of methoxy groups -OCH3 is 2. The molecule has 0 spiro atoms. The van der Waals surface area contributed by atoms with Gasteiger partial charge in [-0.05, 0) is 30.3 Å². The number of hydrogen-bond donors (Lipinski definition) is 2. The maximum atomic E-state index is 13.7. The molecule has 0 saturated carbocycles. The molecule has 0 amide bonds. The first-order chi connectivity index (χ1) is 11.1. The van der Waals surface area contributed by atoms with Crippen LogP contribution in [0.1, 0.15) is 17.2 Å². The number of ether oxygens (including phenoxy) is 2. The van der Waals surface area contributed by atoms with Crippen LogP contribution in [-0.2, 0) is 6.54 Å². The molecule has 6 heteroatoms. The molecule has 0 aliphatic heterocycles. The summed E-state index contributed by atoms with van der Waals surface area (Å²) >= 11 is 5.97. The Hall–Kier alpha value is -1.82. The van der Waals surface area contributed by atoms with Crippen LogP contribution in [0.3, 0.4) is 0 Å². The Labute approximate surface area is 139 Å². The van der Waals surface area contributed by atoms with Gasteiger partial charge in [-0.15, -0.1) is 0 Å². The average Bonchev–Trinajstić information content (AvgIpc) is 2.56. The summed E-state index contributed by atoms with van der Waals surface area (Å²) < 4.78 is 24.1. The Morgan fingerprint density at radius 1 is 1.22 bits per heavy atom. The minimum Gasteiger partial charge on any atom is -0.497 e. The van der Waals surface area contributed by atoms with Crippen LogP contribution in [0.5, 0.6) is 11.5 Å². The first-order valence-corrected chi connectivity index (χ1v) is 7.48. The molecule has 0 heterocycles. The molecule has 0 saturated heterocycles. The maximum absolute atomic E-state index is 13.7. The summed E-state index contributed by atoms with van der Waals surface area (Å²) in [6, 6.07) is 9.72. The summed E-state index contributed by atoms with van der Waals surface area (Å²) in [7, 11) is 3.08. The fourth-order valence-electron chi connectivity index (χ4n) is 2.24. The van der Waals surface area contributed by atoms with E-state index >= 15 is 0 Å². The molecule has 0 aliphatic carbocycles. The van der Waals surface area contributed by atoms with Gasteiger partial charge in [0.1, 0.15) is 17.3 Å². The summed E-state index contributed by atoms with van der Waals surface area (Å²) in [4.78, 5) is 0. The van der Waals surface area contributed by atoms with Crippen molar-refractivity contribution in [3.8, 4) is 11.5 Å². The molecule has 2 aromatic carbocycles. The highest BCUT2D eigenvalue weighted by Crippen LogP contribution is 2.29. The quantitative estimate of drug-likeness (QED) is 0.812. The molecule has 2 aromatic rings. The number of rotatable bonds is 7. The molecule has 0 bridgehead atoms. The number of aliphatic hydroxyl groups is 1. The zero-order valence-electron chi connectivity index (χ0n) is 13.0. The number of benzene rings is 2. The Kier molecular flexibility index (Phi) is 6.21. The van der Waals surface area contributed by atoms with E-state index in [4.69, 9.17) is 21.1 Å². The van der Waals surface area contributed by atoms with Crippen LogP contribution in [0, 0.1) is 5.82 Å². The number of hydrogen-bond acceptors (Lipinski definition) is 4. The molecule has 0 radical (unpaired) electrons. The molecule has 1 atom stereocenters. The minimum atomic E-state index is -0.828. The van der Waals surface area contributed by atoms with Gasteiger partial charge in [0.15, 0.2) is 0 Å². The SMILES string of the molecule is COc1ccc(OC)c(C(O)CNCc2c(F)cccc2Cl)c1. The minimum absolute atomic E-state index is 0.216. The zero-order valence-corrected chi connectivity index (χ0v) is 13.7. The van der Waals surface area contributed by atoms with Crippen molar-refractivity contribution < 1.29 is 19.0 Å². The van der Waals surface area contributed by atoms with Crippen molar-refractivity contribution in [2.45, 2.75) is 12.6 Å². The summed E-state index contributed by atoms with van der Waals surface area (Å²) in [5.41, 5.74) is 0.970. The molecule has 124 valence electrons. The topological polar surface area (TPSA) is 50.7 Å². The van der Waals surface area contributed by atoms with E-state index in [-0.39, 0.29) is 18.9 Å². The molecular weight excluding hydrogens is 321 g/mol. The van der Waals surface area contributed by atoms with Gasteiger partial charge in [0.05, 0.1) is 20.3 Å². The number of nitrogens with one attached hydrogen (secondary N) is 1. The van der Waals surface area contributed by atoms with Gasteiger partial charge in [0, 0.05) is 29.2 Å². The Morgan fingerprint density at radius 3 is 2.65 bits per heavy atom. The fraction of sp³-hybridized carbons (Fsp3) is 0.294. The highest BCUT2D eigenvalue weighted by atomic mass is 35.5. The first kappa shape index (κ1) is 17.5. The van der Waals surface area contributed by atoms with Gasteiger partial charge < -0.3 is 19.9 Å². The Morgan fingerprint density at radius 2 is 2.00 bits per heavy atom. The molecule has 0 aliphatic rings. The van der Waals surface area contributed by atoms with E-state index in [9.17, 15) is 9.50 Å². The van der Waals surface area contributed by atoms with Gasteiger partial charge in [-0.3, -0.25) is 0 Å². The van der Waals surface area contributed by atoms with Gasteiger partial charge in [0.25, 0.3) is 0 Å². The van der Waals surface area contributed by atoms with Gasteiger partial charge in [-0.25, -0.2) is 4.39 Å². The lowest BCUT2D eigenvalue weighted by Gasteiger charge is -2.17. The Balaban J connectivity index is 2.04. The molecule has 4 nitrogen and oxygen atoms in total. The van der Waals surface area contributed by atoms with Crippen molar-refractivity contribution in [2.75, 3.05) is 20.8 Å². The second kappa shape index (κ2) is 8.15. The van der Waals surface area contributed by atoms with E-state index in [2.05, 4.69) is 5.32 Å². The van der Waals surface area contributed by atoms with Crippen molar-refractivity contribution in [1.29, 1.82) is 0 Å². The molecular formula is C17H19ClFNO3. The lowest BCUT2D eigenvalue weighted by atomic mass is 10.1. The van der Waals surface area contributed by atoms with Gasteiger partial charge in [0.2, 0.25) is 0 Å². The molecule has 23 heavy (non-hydrogen) atoms.